The molecule has 0 fully saturated rings. The van der Waals surface area contributed by atoms with E-state index in [1.54, 1.807) is 37.7 Å². The maximum absolute atomic E-state index is 11.6. The molecule has 0 aliphatic carbocycles. The lowest BCUT2D eigenvalue weighted by molar-refractivity contribution is 0.0372. The molecule has 88 valence electrons. The molecule has 2 heterocycles. The highest BCUT2D eigenvalue weighted by Gasteiger charge is 2.15. The van der Waals surface area contributed by atoms with Crippen molar-refractivity contribution in [1.82, 2.24) is 15.0 Å². The van der Waals surface area contributed by atoms with Gasteiger partial charge in [-0.2, -0.15) is 0 Å². The van der Waals surface area contributed by atoms with Crippen molar-refractivity contribution in [2.45, 2.75) is 20.0 Å². The highest BCUT2D eigenvalue weighted by Crippen LogP contribution is 2.20. The van der Waals surface area contributed by atoms with E-state index in [1.165, 1.54) is 11.3 Å². The second-order valence-electron chi connectivity index (χ2n) is 3.56. The van der Waals surface area contributed by atoms with E-state index in [-0.39, 0.29) is 6.10 Å². The molecule has 0 bridgehead atoms. The molecule has 0 amide bonds. The maximum atomic E-state index is 11.6. The second-order valence-corrected chi connectivity index (χ2v) is 4.42. The number of ether oxygens (including phenoxy) is 1. The lowest BCUT2D eigenvalue weighted by Crippen LogP contribution is -2.11. The van der Waals surface area contributed by atoms with Gasteiger partial charge in [-0.25, -0.2) is 19.7 Å². The summed E-state index contributed by atoms with van der Waals surface area (Å²) in [5.74, 6) is 0.0968. The number of carbonyl (C=O) groups is 1. The van der Waals surface area contributed by atoms with E-state index in [0.29, 0.717) is 16.5 Å². The number of rotatable bonds is 3. The zero-order chi connectivity index (χ0) is 12.3. The van der Waals surface area contributed by atoms with Crippen molar-refractivity contribution in [3.63, 3.8) is 0 Å². The molecular weight excluding hydrogens is 238 g/mol. The third-order valence-electron chi connectivity index (χ3n) is 1.81. The zero-order valence-electron chi connectivity index (χ0n) is 9.45. The Balaban J connectivity index is 2.19. The van der Waals surface area contributed by atoms with Crippen LogP contribution in [0.25, 0.3) is 10.8 Å². The lowest BCUT2D eigenvalue weighted by Gasteiger charge is -2.04. The number of carbonyl (C=O) groups excluding carboxylic acids is 1. The Bertz CT molecular complexity index is 510. The number of hydrogen-bond donors (Lipinski definition) is 0. The molecule has 2 aromatic rings. The summed E-state index contributed by atoms with van der Waals surface area (Å²) >= 11 is 1.32. The van der Waals surface area contributed by atoms with E-state index < -0.39 is 5.97 Å². The van der Waals surface area contributed by atoms with Gasteiger partial charge >= 0.3 is 5.97 Å². The van der Waals surface area contributed by atoms with Crippen LogP contribution in [0, 0.1) is 0 Å². The van der Waals surface area contributed by atoms with Crippen LogP contribution < -0.4 is 0 Å². The number of thiazole rings is 1. The van der Waals surface area contributed by atoms with E-state index >= 15 is 0 Å². The van der Waals surface area contributed by atoms with E-state index in [4.69, 9.17) is 4.74 Å². The molecule has 0 saturated heterocycles. The summed E-state index contributed by atoms with van der Waals surface area (Å²) in [6, 6.07) is 1.73. The van der Waals surface area contributed by atoms with Crippen molar-refractivity contribution in [3.05, 3.63) is 29.5 Å². The third kappa shape index (κ3) is 2.85. The van der Waals surface area contributed by atoms with Crippen LogP contribution in [-0.4, -0.2) is 27.0 Å². The van der Waals surface area contributed by atoms with E-state index in [2.05, 4.69) is 15.0 Å². The van der Waals surface area contributed by atoms with Crippen LogP contribution >= 0.6 is 11.3 Å². The Hall–Kier alpha value is -1.82. The van der Waals surface area contributed by atoms with Crippen LogP contribution in [0.1, 0.15) is 24.3 Å². The first kappa shape index (κ1) is 11.7. The maximum Gasteiger partial charge on any atom is 0.358 e. The molecule has 0 aliphatic heterocycles. The van der Waals surface area contributed by atoms with Gasteiger partial charge in [-0.05, 0) is 19.9 Å². The van der Waals surface area contributed by atoms with Gasteiger partial charge in [0.2, 0.25) is 0 Å². The van der Waals surface area contributed by atoms with Crippen LogP contribution in [0.2, 0.25) is 0 Å². The summed E-state index contributed by atoms with van der Waals surface area (Å²) in [4.78, 5) is 23.9. The molecule has 0 unspecified atom stereocenters. The van der Waals surface area contributed by atoms with Gasteiger partial charge in [-0.1, -0.05) is 0 Å². The standard InChI is InChI=1S/C11H11N3O2S/c1-7(2)16-11(15)8-6-17-10(14-8)9-12-4-3-5-13-9/h3-7H,1-2H3. The number of esters is 1. The van der Waals surface area contributed by atoms with Crippen molar-refractivity contribution in [2.24, 2.45) is 0 Å². The quantitative estimate of drug-likeness (QED) is 0.780. The van der Waals surface area contributed by atoms with Crippen LogP contribution in [0.15, 0.2) is 23.8 Å². The summed E-state index contributed by atoms with van der Waals surface area (Å²) in [6.45, 7) is 3.59. The predicted molar refractivity (Wildman–Crippen MR) is 63.7 cm³/mol. The minimum absolute atomic E-state index is 0.152. The molecular formula is C11H11N3O2S. The van der Waals surface area contributed by atoms with Gasteiger partial charge < -0.3 is 4.74 Å². The second kappa shape index (κ2) is 5.01. The topological polar surface area (TPSA) is 65.0 Å². The van der Waals surface area contributed by atoms with Gasteiger partial charge in [0, 0.05) is 17.8 Å². The van der Waals surface area contributed by atoms with Crippen LogP contribution in [0.5, 0.6) is 0 Å². The molecule has 2 aromatic heterocycles. The summed E-state index contributed by atoms with van der Waals surface area (Å²) in [5, 5.41) is 2.26. The molecule has 0 N–H and O–H groups in total. The molecule has 0 aliphatic rings. The normalized spacial score (nSPS) is 10.5. The largest absolute Gasteiger partial charge is 0.458 e. The average Bonchev–Trinajstić information content (AvgIpc) is 2.78. The monoisotopic (exact) mass is 249 g/mol. The molecule has 6 heteroatoms. The smallest absolute Gasteiger partial charge is 0.358 e. The molecule has 2 rings (SSSR count). The molecule has 17 heavy (non-hydrogen) atoms. The third-order valence-corrected chi connectivity index (χ3v) is 2.65. The summed E-state index contributed by atoms with van der Waals surface area (Å²) in [7, 11) is 0. The van der Waals surface area contributed by atoms with Crippen molar-refractivity contribution in [1.29, 1.82) is 0 Å². The first-order valence-electron chi connectivity index (χ1n) is 5.10. The minimum atomic E-state index is -0.418. The van der Waals surface area contributed by atoms with Gasteiger partial charge in [0.05, 0.1) is 6.10 Å². The summed E-state index contributed by atoms with van der Waals surface area (Å²) in [5.41, 5.74) is 0.297. The Morgan fingerprint density at radius 3 is 2.71 bits per heavy atom. The Kier molecular flexibility index (Phi) is 3.43. The molecule has 5 nitrogen and oxygen atoms in total. The Morgan fingerprint density at radius 2 is 2.06 bits per heavy atom. The zero-order valence-corrected chi connectivity index (χ0v) is 10.3. The van der Waals surface area contributed by atoms with Crippen molar-refractivity contribution < 1.29 is 9.53 Å². The van der Waals surface area contributed by atoms with E-state index in [1.807, 2.05) is 0 Å². The molecule has 0 spiro atoms. The fraction of sp³-hybridized carbons (Fsp3) is 0.273. The van der Waals surface area contributed by atoms with E-state index in [9.17, 15) is 4.79 Å². The molecule has 0 radical (unpaired) electrons. The first-order chi connectivity index (χ1) is 8.16. The molecule has 0 atom stereocenters. The fourth-order valence-corrected chi connectivity index (χ4v) is 1.89. The predicted octanol–water partition coefficient (Wildman–Crippen LogP) is 2.17. The van der Waals surface area contributed by atoms with Crippen molar-refractivity contribution >= 4 is 17.3 Å². The summed E-state index contributed by atoms with van der Waals surface area (Å²) < 4.78 is 5.05. The van der Waals surface area contributed by atoms with Gasteiger partial charge in [0.25, 0.3) is 0 Å². The number of nitrogens with zero attached hydrogens (tertiary/aromatic N) is 3. The van der Waals surface area contributed by atoms with Crippen molar-refractivity contribution in [2.75, 3.05) is 0 Å². The SMILES string of the molecule is CC(C)OC(=O)c1csc(-c2ncccn2)n1. The average molecular weight is 249 g/mol. The number of hydrogen-bond acceptors (Lipinski definition) is 6. The van der Waals surface area contributed by atoms with Crippen LogP contribution in [0.3, 0.4) is 0 Å². The molecule has 0 saturated carbocycles. The van der Waals surface area contributed by atoms with Crippen LogP contribution in [-0.2, 0) is 4.74 Å². The molecule has 0 aromatic carbocycles. The Labute approximate surface area is 103 Å². The van der Waals surface area contributed by atoms with Crippen LogP contribution in [0.4, 0.5) is 0 Å². The van der Waals surface area contributed by atoms with Gasteiger partial charge in [0.1, 0.15) is 0 Å². The van der Waals surface area contributed by atoms with Gasteiger partial charge in [0.15, 0.2) is 16.5 Å². The highest BCUT2D eigenvalue weighted by atomic mass is 32.1. The Morgan fingerprint density at radius 1 is 1.35 bits per heavy atom. The van der Waals surface area contributed by atoms with E-state index in [0.717, 1.165) is 0 Å². The van der Waals surface area contributed by atoms with Crippen molar-refractivity contribution in [3.8, 4) is 10.8 Å². The lowest BCUT2D eigenvalue weighted by atomic mass is 10.4. The highest BCUT2D eigenvalue weighted by molar-refractivity contribution is 7.13. The fourth-order valence-electron chi connectivity index (χ4n) is 1.15. The summed E-state index contributed by atoms with van der Waals surface area (Å²) in [6.07, 6.45) is 3.12. The van der Waals surface area contributed by atoms with Gasteiger partial charge in [-0.15, -0.1) is 11.3 Å². The minimum Gasteiger partial charge on any atom is -0.458 e. The first-order valence-corrected chi connectivity index (χ1v) is 5.98. The van der Waals surface area contributed by atoms with Gasteiger partial charge in [-0.3, -0.25) is 0 Å². The number of aromatic nitrogens is 3.